The molecule has 0 aliphatic heterocycles. The highest BCUT2D eigenvalue weighted by Gasteiger charge is 2.31. The molecule has 15 heavy (non-hydrogen) atoms. The van der Waals surface area contributed by atoms with E-state index >= 15 is 0 Å². The van der Waals surface area contributed by atoms with Gasteiger partial charge in [-0.3, -0.25) is 4.79 Å². The molecule has 0 atom stereocenters. The van der Waals surface area contributed by atoms with E-state index in [1.54, 1.807) is 0 Å². The molecule has 0 saturated heterocycles. The molecule has 0 spiro atoms. The Hall–Kier alpha value is -0.480. The van der Waals surface area contributed by atoms with Crippen LogP contribution >= 0.6 is 24.0 Å². The van der Waals surface area contributed by atoms with Gasteiger partial charge in [-0.15, -0.1) is 24.0 Å². The molecule has 1 saturated carbocycles. The largest absolute Gasteiger partial charge is 0.351 e. The Labute approximate surface area is 99.5 Å². The van der Waals surface area contributed by atoms with Gasteiger partial charge in [-0.2, -0.15) is 0 Å². The van der Waals surface area contributed by atoms with Crippen LogP contribution in [0.5, 0.6) is 0 Å². The number of carbonyl (C=O) groups excluding carboxylic acids is 1. The molecule has 1 aromatic heterocycles. The highest BCUT2D eigenvalue weighted by atomic mass is 32.1. The van der Waals surface area contributed by atoms with Crippen molar-refractivity contribution < 1.29 is 4.79 Å². The quantitative estimate of drug-likeness (QED) is 0.783. The van der Waals surface area contributed by atoms with E-state index in [2.05, 4.69) is 24.9 Å². The van der Waals surface area contributed by atoms with Crippen molar-refractivity contribution >= 4 is 29.9 Å². The van der Waals surface area contributed by atoms with E-state index in [0.717, 1.165) is 16.3 Å². The number of hydrogen-bond donors (Lipinski definition) is 2. The Morgan fingerprint density at radius 2 is 2.40 bits per heavy atom. The third-order valence-electron chi connectivity index (χ3n) is 3.05. The highest BCUT2D eigenvalue weighted by Crippen LogP contribution is 2.39. The fourth-order valence-corrected chi connectivity index (χ4v) is 2.85. The molecule has 1 heterocycles. The maximum Gasteiger partial charge on any atom is 0.261 e. The number of carbonyl (C=O) groups is 1. The summed E-state index contributed by atoms with van der Waals surface area (Å²) in [5, 5.41) is 4.87. The van der Waals surface area contributed by atoms with Crippen LogP contribution in [0.15, 0.2) is 16.3 Å². The molecular weight excluding hydrogens is 226 g/mol. The predicted octanol–water partition coefficient (Wildman–Crippen LogP) is 2.96. The molecule has 2 rings (SSSR count). The van der Waals surface area contributed by atoms with Gasteiger partial charge < -0.3 is 5.32 Å². The highest BCUT2D eigenvalue weighted by molar-refractivity contribution is 7.80. The van der Waals surface area contributed by atoms with Crippen LogP contribution in [0.1, 0.15) is 35.9 Å². The van der Waals surface area contributed by atoms with Crippen LogP contribution in [0.2, 0.25) is 0 Å². The van der Waals surface area contributed by atoms with Crippen molar-refractivity contribution in [3.8, 4) is 0 Å². The van der Waals surface area contributed by atoms with Gasteiger partial charge >= 0.3 is 0 Å². The molecule has 1 aromatic rings. The first-order valence-corrected chi connectivity index (χ1v) is 6.47. The summed E-state index contributed by atoms with van der Waals surface area (Å²) in [4.78, 5) is 13.3. The topological polar surface area (TPSA) is 29.1 Å². The van der Waals surface area contributed by atoms with Crippen molar-refractivity contribution in [2.24, 2.45) is 5.41 Å². The van der Waals surface area contributed by atoms with Crippen molar-refractivity contribution in [2.75, 3.05) is 6.54 Å². The lowest BCUT2D eigenvalue weighted by atomic mass is 9.70. The predicted molar refractivity (Wildman–Crippen MR) is 65.9 cm³/mol. The zero-order valence-electron chi connectivity index (χ0n) is 8.75. The maximum absolute atomic E-state index is 11.7. The van der Waals surface area contributed by atoms with Crippen molar-refractivity contribution in [1.82, 2.24) is 5.32 Å². The lowest BCUT2D eigenvalue weighted by Crippen LogP contribution is -2.39. The second-order valence-corrected chi connectivity index (χ2v) is 5.94. The van der Waals surface area contributed by atoms with Crippen LogP contribution in [0.3, 0.4) is 0 Å². The van der Waals surface area contributed by atoms with E-state index in [1.807, 2.05) is 11.4 Å². The lowest BCUT2D eigenvalue weighted by Gasteiger charge is -2.38. The molecular formula is C11H15NOS2. The minimum atomic E-state index is 0.0356. The van der Waals surface area contributed by atoms with Gasteiger partial charge in [0, 0.05) is 16.8 Å². The van der Waals surface area contributed by atoms with E-state index in [1.165, 1.54) is 30.6 Å². The third kappa shape index (κ3) is 2.55. The van der Waals surface area contributed by atoms with E-state index in [4.69, 9.17) is 0 Å². The maximum atomic E-state index is 11.7. The van der Waals surface area contributed by atoms with Gasteiger partial charge in [-0.05, 0) is 24.3 Å². The molecule has 1 amide bonds. The monoisotopic (exact) mass is 241 g/mol. The normalized spacial score (nSPS) is 18.3. The molecule has 82 valence electrons. The van der Waals surface area contributed by atoms with Gasteiger partial charge in [-0.1, -0.05) is 13.3 Å². The summed E-state index contributed by atoms with van der Waals surface area (Å²) in [6.07, 6.45) is 3.76. The molecule has 0 radical (unpaired) electrons. The lowest BCUT2D eigenvalue weighted by molar-refractivity contribution is 0.0894. The van der Waals surface area contributed by atoms with Gasteiger partial charge in [-0.25, -0.2) is 0 Å². The van der Waals surface area contributed by atoms with Gasteiger partial charge in [0.05, 0.1) is 4.88 Å². The number of rotatable bonds is 3. The molecule has 2 nitrogen and oxygen atoms in total. The average molecular weight is 241 g/mol. The summed E-state index contributed by atoms with van der Waals surface area (Å²) in [6, 6.07) is 1.81. The van der Waals surface area contributed by atoms with E-state index in [9.17, 15) is 4.79 Å². The van der Waals surface area contributed by atoms with Crippen LogP contribution in [0, 0.1) is 5.41 Å². The van der Waals surface area contributed by atoms with Gasteiger partial charge in [0.2, 0.25) is 0 Å². The summed E-state index contributed by atoms with van der Waals surface area (Å²) < 4.78 is 0. The Bertz CT molecular complexity index is 368. The number of thiophene rings is 1. The van der Waals surface area contributed by atoms with Crippen molar-refractivity contribution in [3.63, 3.8) is 0 Å². The Morgan fingerprint density at radius 1 is 1.67 bits per heavy atom. The summed E-state index contributed by atoms with van der Waals surface area (Å²) in [5.74, 6) is 0.0356. The second-order valence-electron chi connectivity index (χ2n) is 4.52. The molecule has 1 N–H and O–H groups in total. The Morgan fingerprint density at radius 3 is 2.87 bits per heavy atom. The summed E-state index contributed by atoms with van der Waals surface area (Å²) >= 11 is 5.63. The van der Waals surface area contributed by atoms with Crippen LogP contribution in [-0.2, 0) is 0 Å². The molecule has 1 aliphatic carbocycles. The van der Waals surface area contributed by atoms with Crippen molar-refractivity contribution in [1.29, 1.82) is 0 Å². The Balaban J connectivity index is 1.87. The summed E-state index contributed by atoms with van der Waals surface area (Å²) in [7, 11) is 0. The zero-order valence-corrected chi connectivity index (χ0v) is 10.5. The third-order valence-corrected chi connectivity index (χ3v) is 4.41. The number of amides is 1. The molecule has 0 unspecified atom stereocenters. The molecule has 1 aliphatic rings. The fourth-order valence-electron chi connectivity index (χ4n) is 1.78. The van der Waals surface area contributed by atoms with E-state index < -0.39 is 0 Å². The second kappa shape index (κ2) is 4.18. The average Bonchev–Trinajstić information content (AvgIpc) is 2.58. The van der Waals surface area contributed by atoms with Gasteiger partial charge in [0.15, 0.2) is 0 Å². The van der Waals surface area contributed by atoms with Gasteiger partial charge in [0.1, 0.15) is 0 Å². The van der Waals surface area contributed by atoms with Crippen LogP contribution in [0.4, 0.5) is 0 Å². The first-order valence-electron chi connectivity index (χ1n) is 5.15. The van der Waals surface area contributed by atoms with Crippen LogP contribution < -0.4 is 5.32 Å². The molecule has 0 bridgehead atoms. The van der Waals surface area contributed by atoms with E-state index in [-0.39, 0.29) is 5.91 Å². The zero-order chi connectivity index (χ0) is 10.9. The van der Waals surface area contributed by atoms with Crippen molar-refractivity contribution in [2.45, 2.75) is 31.1 Å². The first kappa shape index (κ1) is 11.0. The first-order chi connectivity index (χ1) is 7.09. The number of thiol groups is 1. The summed E-state index contributed by atoms with van der Waals surface area (Å²) in [6.45, 7) is 3.03. The van der Waals surface area contributed by atoms with Gasteiger partial charge in [0.25, 0.3) is 5.91 Å². The molecule has 0 aromatic carbocycles. The van der Waals surface area contributed by atoms with Crippen LogP contribution in [-0.4, -0.2) is 12.5 Å². The standard InChI is InChI=1S/C11H15NOS2/c1-11(3-2-4-11)7-12-10(13)9-5-8(14)6-15-9/h5-6,14H,2-4,7H2,1H3,(H,12,13). The van der Waals surface area contributed by atoms with Crippen LogP contribution in [0.25, 0.3) is 0 Å². The molecule has 4 heteroatoms. The smallest absolute Gasteiger partial charge is 0.261 e. The minimum absolute atomic E-state index is 0.0356. The fraction of sp³-hybridized carbons (Fsp3) is 0.545. The number of nitrogens with one attached hydrogen (secondary N) is 1. The van der Waals surface area contributed by atoms with E-state index in [0.29, 0.717) is 5.41 Å². The Kier molecular flexibility index (Phi) is 3.07. The SMILES string of the molecule is CC1(CNC(=O)c2cc(S)cs2)CCC1. The number of hydrogen-bond acceptors (Lipinski definition) is 3. The molecule has 1 fully saturated rings. The minimum Gasteiger partial charge on any atom is -0.351 e. The van der Waals surface area contributed by atoms with Crippen molar-refractivity contribution in [3.05, 3.63) is 16.3 Å². The summed E-state index contributed by atoms with van der Waals surface area (Å²) in [5.41, 5.74) is 0.344.